The monoisotopic (exact) mass is 497 g/mol. The molecular formula is C25H31N5O6. The van der Waals surface area contributed by atoms with Crippen LogP contribution in [0.2, 0.25) is 0 Å². The van der Waals surface area contributed by atoms with Crippen molar-refractivity contribution >= 4 is 11.8 Å². The molecule has 5 rings (SSSR count). The fraction of sp³-hybridized carbons (Fsp3) is 0.560. The summed E-state index contributed by atoms with van der Waals surface area (Å²) in [4.78, 5) is 34.3. The molecule has 11 heteroatoms. The van der Waals surface area contributed by atoms with Crippen LogP contribution < -0.4 is 0 Å². The number of nitrogens with zero attached hydrogens (tertiary/aromatic N) is 5. The molecule has 5 heterocycles. The molecule has 0 saturated carbocycles. The smallest absolute Gasteiger partial charge is 0.276 e. The van der Waals surface area contributed by atoms with Crippen molar-refractivity contribution in [3.8, 4) is 0 Å². The molecule has 2 aliphatic rings. The summed E-state index contributed by atoms with van der Waals surface area (Å²) < 4.78 is 21.9. The van der Waals surface area contributed by atoms with E-state index in [2.05, 4.69) is 15.3 Å². The van der Waals surface area contributed by atoms with Crippen LogP contribution in [0.1, 0.15) is 79.7 Å². The molecule has 11 nitrogen and oxygen atoms in total. The van der Waals surface area contributed by atoms with Crippen molar-refractivity contribution in [2.24, 2.45) is 0 Å². The molecule has 0 unspecified atom stereocenters. The zero-order chi connectivity index (χ0) is 25.4. The van der Waals surface area contributed by atoms with E-state index in [1.165, 1.54) is 0 Å². The second-order valence-electron chi connectivity index (χ2n) is 9.47. The minimum atomic E-state index is -0.154. The number of likely N-dealkylation sites (tertiary alicyclic amines) is 1. The van der Waals surface area contributed by atoms with Gasteiger partial charge in [-0.3, -0.25) is 9.59 Å². The van der Waals surface area contributed by atoms with Crippen molar-refractivity contribution in [1.29, 1.82) is 0 Å². The van der Waals surface area contributed by atoms with Crippen molar-refractivity contribution in [2.45, 2.75) is 52.9 Å². The number of ether oxygens (including phenoxy) is 1. The number of aromatic nitrogens is 3. The van der Waals surface area contributed by atoms with E-state index in [-0.39, 0.29) is 17.7 Å². The van der Waals surface area contributed by atoms with E-state index in [0.717, 1.165) is 22.6 Å². The maximum Gasteiger partial charge on any atom is 0.276 e. The van der Waals surface area contributed by atoms with Gasteiger partial charge in [0.05, 0.1) is 18.9 Å². The highest BCUT2D eigenvalue weighted by Gasteiger charge is 2.33. The molecule has 0 spiro atoms. The fourth-order valence-corrected chi connectivity index (χ4v) is 4.88. The number of carbonyl (C=O) groups excluding carboxylic acids is 2. The zero-order valence-corrected chi connectivity index (χ0v) is 21.1. The summed E-state index contributed by atoms with van der Waals surface area (Å²) in [5.74, 6) is 2.19. The Labute approximate surface area is 208 Å². The Morgan fingerprint density at radius 3 is 2.08 bits per heavy atom. The minimum Gasteiger partial charge on any atom is -0.445 e. The van der Waals surface area contributed by atoms with Crippen LogP contribution in [0.25, 0.3) is 0 Å². The lowest BCUT2D eigenvalue weighted by Crippen LogP contribution is -2.41. The number of hydrogen-bond donors (Lipinski definition) is 0. The average Bonchev–Trinajstić information content (AvgIpc) is 3.56. The minimum absolute atomic E-state index is 0.0415. The van der Waals surface area contributed by atoms with Crippen molar-refractivity contribution in [2.75, 3.05) is 39.4 Å². The summed E-state index contributed by atoms with van der Waals surface area (Å²) in [6.07, 6.45) is 1.85. The standard InChI is InChI=1S/C25H31N5O6/c1-14-19(15(2)35-27-14)13-20-16(3)36-28-22(20)25(32)29-7-5-18(6-8-29)23-26-21(17(4)34-23)24(31)30-9-11-33-12-10-30/h18H,5-13H2,1-4H3. The Balaban J connectivity index is 1.25. The molecule has 2 amide bonds. The third-order valence-electron chi connectivity index (χ3n) is 7.17. The Morgan fingerprint density at radius 2 is 1.42 bits per heavy atom. The van der Waals surface area contributed by atoms with E-state index in [4.69, 9.17) is 18.2 Å². The number of oxazole rings is 1. The lowest BCUT2D eigenvalue weighted by Gasteiger charge is -2.30. The Hall–Kier alpha value is -3.47. The molecule has 3 aromatic rings. The second kappa shape index (κ2) is 9.88. The summed E-state index contributed by atoms with van der Waals surface area (Å²) >= 11 is 0. The highest BCUT2D eigenvalue weighted by molar-refractivity contribution is 5.94. The maximum absolute atomic E-state index is 13.4. The van der Waals surface area contributed by atoms with E-state index in [0.29, 0.717) is 87.5 Å². The van der Waals surface area contributed by atoms with E-state index in [1.54, 1.807) is 16.7 Å². The zero-order valence-electron chi connectivity index (χ0n) is 21.1. The van der Waals surface area contributed by atoms with Crippen LogP contribution in [-0.4, -0.2) is 76.3 Å². The van der Waals surface area contributed by atoms with Gasteiger partial charge in [-0.2, -0.15) is 0 Å². The van der Waals surface area contributed by atoms with Gasteiger partial charge in [0, 0.05) is 49.6 Å². The number of morpholine rings is 1. The lowest BCUT2D eigenvalue weighted by atomic mass is 9.96. The highest BCUT2D eigenvalue weighted by atomic mass is 16.5. The summed E-state index contributed by atoms with van der Waals surface area (Å²) in [5.41, 5.74) is 3.19. The van der Waals surface area contributed by atoms with Gasteiger partial charge < -0.3 is 28.0 Å². The van der Waals surface area contributed by atoms with Crippen molar-refractivity contribution in [3.05, 3.63) is 51.4 Å². The summed E-state index contributed by atoms with van der Waals surface area (Å²) in [6, 6.07) is 0. The predicted octanol–water partition coefficient (Wildman–Crippen LogP) is 2.97. The van der Waals surface area contributed by atoms with Gasteiger partial charge in [-0.25, -0.2) is 4.98 Å². The molecule has 2 saturated heterocycles. The van der Waals surface area contributed by atoms with Crippen molar-refractivity contribution < 1.29 is 27.8 Å². The topological polar surface area (TPSA) is 128 Å². The number of rotatable bonds is 5. The van der Waals surface area contributed by atoms with E-state index in [1.807, 2.05) is 20.8 Å². The van der Waals surface area contributed by atoms with Crippen LogP contribution in [0.3, 0.4) is 0 Å². The van der Waals surface area contributed by atoms with Crippen LogP contribution in [0.15, 0.2) is 13.5 Å². The molecule has 2 aliphatic heterocycles. The Bertz CT molecular complexity index is 1240. The molecule has 2 fully saturated rings. The molecule has 36 heavy (non-hydrogen) atoms. The van der Waals surface area contributed by atoms with Gasteiger partial charge >= 0.3 is 0 Å². The van der Waals surface area contributed by atoms with Gasteiger partial charge in [-0.05, 0) is 40.5 Å². The molecule has 0 N–H and O–H groups in total. The summed E-state index contributed by atoms with van der Waals surface area (Å²) in [6.45, 7) is 10.6. The van der Waals surface area contributed by atoms with Crippen LogP contribution in [-0.2, 0) is 11.2 Å². The first-order chi connectivity index (χ1) is 17.3. The average molecular weight is 498 g/mol. The van der Waals surface area contributed by atoms with Gasteiger partial charge in [-0.15, -0.1) is 0 Å². The highest BCUT2D eigenvalue weighted by Crippen LogP contribution is 2.31. The molecule has 3 aromatic heterocycles. The van der Waals surface area contributed by atoms with Crippen LogP contribution in [0.5, 0.6) is 0 Å². The number of carbonyl (C=O) groups is 2. The molecule has 0 bridgehead atoms. The molecule has 0 atom stereocenters. The quantitative estimate of drug-likeness (QED) is 0.522. The third-order valence-corrected chi connectivity index (χ3v) is 7.17. The fourth-order valence-electron chi connectivity index (χ4n) is 4.88. The van der Waals surface area contributed by atoms with Gasteiger partial charge in [0.1, 0.15) is 17.3 Å². The van der Waals surface area contributed by atoms with E-state index < -0.39 is 0 Å². The summed E-state index contributed by atoms with van der Waals surface area (Å²) in [5, 5.41) is 8.10. The predicted molar refractivity (Wildman–Crippen MR) is 126 cm³/mol. The third kappa shape index (κ3) is 4.55. The Kier molecular flexibility index (Phi) is 6.65. The Morgan fingerprint density at radius 1 is 0.806 bits per heavy atom. The molecule has 192 valence electrons. The molecule has 0 radical (unpaired) electrons. The van der Waals surface area contributed by atoms with Crippen LogP contribution >= 0.6 is 0 Å². The largest absolute Gasteiger partial charge is 0.445 e. The summed E-state index contributed by atoms with van der Waals surface area (Å²) in [7, 11) is 0. The number of aryl methyl sites for hydroxylation is 4. The lowest BCUT2D eigenvalue weighted by molar-refractivity contribution is 0.0298. The maximum atomic E-state index is 13.4. The number of piperidine rings is 1. The van der Waals surface area contributed by atoms with Crippen molar-refractivity contribution in [3.63, 3.8) is 0 Å². The first-order valence-corrected chi connectivity index (χ1v) is 12.3. The van der Waals surface area contributed by atoms with Crippen molar-refractivity contribution in [1.82, 2.24) is 25.1 Å². The molecule has 0 aliphatic carbocycles. The van der Waals surface area contributed by atoms with E-state index >= 15 is 0 Å². The van der Waals surface area contributed by atoms with Crippen LogP contribution in [0.4, 0.5) is 0 Å². The molecular weight excluding hydrogens is 466 g/mol. The number of amides is 2. The normalized spacial score (nSPS) is 17.1. The van der Waals surface area contributed by atoms with Gasteiger partial charge in [-0.1, -0.05) is 10.3 Å². The van der Waals surface area contributed by atoms with Gasteiger partial charge in [0.15, 0.2) is 17.3 Å². The van der Waals surface area contributed by atoms with Crippen LogP contribution in [0, 0.1) is 27.7 Å². The second-order valence-corrected chi connectivity index (χ2v) is 9.47. The van der Waals surface area contributed by atoms with E-state index in [9.17, 15) is 9.59 Å². The van der Waals surface area contributed by atoms with Gasteiger partial charge in [0.25, 0.3) is 11.8 Å². The van der Waals surface area contributed by atoms with Gasteiger partial charge in [0.2, 0.25) is 0 Å². The SMILES string of the molecule is Cc1noc(C)c1Cc1c(C(=O)N2CCC(c3nc(C(=O)N4CCOCC4)c(C)o3)CC2)noc1C. The first-order valence-electron chi connectivity index (χ1n) is 12.3. The molecule has 0 aromatic carbocycles. The first kappa shape index (κ1) is 24.2. The number of hydrogen-bond acceptors (Lipinski definition) is 9.